The van der Waals surface area contributed by atoms with Crippen molar-refractivity contribution in [3.8, 4) is 6.07 Å². The predicted molar refractivity (Wildman–Crippen MR) is 73.6 cm³/mol. The molecule has 94 valence electrons. The Morgan fingerprint density at radius 2 is 2.17 bits per heavy atom. The predicted octanol–water partition coefficient (Wildman–Crippen LogP) is 3.38. The summed E-state index contributed by atoms with van der Waals surface area (Å²) >= 11 is 1.56. The molecule has 1 amide bonds. The lowest BCUT2D eigenvalue weighted by molar-refractivity contribution is -0.115. The van der Waals surface area contributed by atoms with Crippen molar-refractivity contribution in [1.29, 1.82) is 5.26 Å². The van der Waals surface area contributed by atoms with E-state index in [9.17, 15) is 10.1 Å². The Labute approximate surface area is 112 Å². The summed E-state index contributed by atoms with van der Waals surface area (Å²) in [5.74, 6) is 0.165. The number of thioether (sulfide) groups is 1. The van der Waals surface area contributed by atoms with Gasteiger partial charge in [0.15, 0.2) is 0 Å². The number of nitrogens with one attached hydrogen (secondary N) is 1. The van der Waals surface area contributed by atoms with Crippen LogP contribution < -0.4 is 5.32 Å². The molecule has 2 atom stereocenters. The van der Waals surface area contributed by atoms with E-state index in [0.717, 1.165) is 16.1 Å². The van der Waals surface area contributed by atoms with Crippen LogP contribution in [0.25, 0.3) is 0 Å². The van der Waals surface area contributed by atoms with E-state index in [0.29, 0.717) is 0 Å². The van der Waals surface area contributed by atoms with Crippen LogP contribution >= 0.6 is 11.8 Å². The Kier molecular flexibility index (Phi) is 3.63. The minimum absolute atomic E-state index is 0.0303. The maximum Gasteiger partial charge on any atom is 0.237 e. The fraction of sp³-hybridized carbons (Fsp3) is 0.429. The van der Waals surface area contributed by atoms with Gasteiger partial charge in [-0.25, -0.2) is 0 Å². The fourth-order valence-electron chi connectivity index (χ4n) is 2.03. The minimum Gasteiger partial charge on any atom is -0.324 e. The SMILES string of the molecule is CC1Sc2ccc(C(C#N)C(C)C)cc2NC1=O. The molecular formula is C14H16N2OS. The summed E-state index contributed by atoms with van der Waals surface area (Å²) in [6.45, 7) is 5.95. The van der Waals surface area contributed by atoms with Gasteiger partial charge in [0.1, 0.15) is 0 Å². The molecule has 0 aliphatic carbocycles. The van der Waals surface area contributed by atoms with Gasteiger partial charge in [-0.15, -0.1) is 11.8 Å². The number of carbonyl (C=O) groups is 1. The van der Waals surface area contributed by atoms with Crippen molar-refractivity contribution in [3.63, 3.8) is 0 Å². The maximum absolute atomic E-state index is 11.6. The summed E-state index contributed by atoms with van der Waals surface area (Å²) in [5, 5.41) is 12.0. The lowest BCUT2D eigenvalue weighted by Gasteiger charge is -2.23. The molecule has 3 nitrogen and oxygen atoms in total. The minimum atomic E-state index is -0.128. The second kappa shape index (κ2) is 5.03. The van der Waals surface area contributed by atoms with Crippen LogP contribution in [0.4, 0.5) is 5.69 Å². The van der Waals surface area contributed by atoms with Gasteiger partial charge >= 0.3 is 0 Å². The third-order valence-electron chi connectivity index (χ3n) is 3.10. The van der Waals surface area contributed by atoms with Gasteiger partial charge in [0.25, 0.3) is 0 Å². The lowest BCUT2D eigenvalue weighted by Crippen LogP contribution is -2.26. The molecule has 1 N–H and O–H groups in total. The van der Waals surface area contributed by atoms with Gasteiger partial charge in [-0.3, -0.25) is 4.79 Å². The number of fused-ring (bicyclic) bond motifs is 1. The molecule has 1 aliphatic heterocycles. The van der Waals surface area contributed by atoms with Gasteiger partial charge in [0.05, 0.1) is 22.9 Å². The van der Waals surface area contributed by atoms with Crippen LogP contribution in [0.2, 0.25) is 0 Å². The van der Waals surface area contributed by atoms with E-state index in [1.165, 1.54) is 0 Å². The molecule has 1 aromatic rings. The zero-order valence-corrected chi connectivity index (χ0v) is 11.5. The molecule has 0 aromatic heterocycles. The van der Waals surface area contributed by atoms with Crippen LogP contribution in [0.1, 0.15) is 32.3 Å². The van der Waals surface area contributed by atoms with E-state index in [1.807, 2.05) is 39.0 Å². The molecule has 4 heteroatoms. The van der Waals surface area contributed by atoms with Crippen molar-refractivity contribution in [2.24, 2.45) is 5.92 Å². The molecule has 0 saturated heterocycles. The number of hydrogen-bond acceptors (Lipinski definition) is 3. The van der Waals surface area contributed by atoms with Crippen LogP contribution in [0.3, 0.4) is 0 Å². The zero-order valence-electron chi connectivity index (χ0n) is 10.7. The van der Waals surface area contributed by atoms with Crippen molar-refractivity contribution in [3.05, 3.63) is 23.8 Å². The van der Waals surface area contributed by atoms with Crippen molar-refractivity contribution < 1.29 is 4.79 Å². The van der Waals surface area contributed by atoms with Gasteiger partial charge in [-0.05, 0) is 30.5 Å². The smallest absolute Gasteiger partial charge is 0.237 e. The molecule has 0 spiro atoms. The van der Waals surface area contributed by atoms with Crippen LogP contribution in [0.5, 0.6) is 0 Å². The number of benzene rings is 1. The second-order valence-corrected chi connectivity index (χ2v) is 6.24. The van der Waals surface area contributed by atoms with E-state index in [1.54, 1.807) is 11.8 Å². The Morgan fingerprint density at radius 3 is 2.78 bits per heavy atom. The monoisotopic (exact) mass is 260 g/mol. The fourth-order valence-corrected chi connectivity index (χ4v) is 2.96. The van der Waals surface area contributed by atoms with Gasteiger partial charge in [0.2, 0.25) is 5.91 Å². The number of nitrogens with zero attached hydrogens (tertiary/aromatic N) is 1. The van der Waals surface area contributed by atoms with E-state index in [4.69, 9.17) is 0 Å². The second-order valence-electron chi connectivity index (χ2n) is 4.86. The summed E-state index contributed by atoms with van der Waals surface area (Å²) < 4.78 is 0. The van der Waals surface area contributed by atoms with Crippen LogP contribution in [-0.4, -0.2) is 11.2 Å². The molecule has 18 heavy (non-hydrogen) atoms. The van der Waals surface area contributed by atoms with Crippen molar-refractivity contribution in [2.75, 3.05) is 5.32 Å². The molecular weight excluding hydrogens is 244 g/mol. The molecule has 0 saturated carbocycles. The first-order valence-electron chi connectivity index (χ1n) is 6.04. The third-order valence-corrected chi connectivity index (χ3v) is 4.28. The van der Waals surface area contributed by atoms with Crippen LogP contribution in [0, 0.1) is 17.2 Å². The average molecular weight is 260 g/mol. The van der Waals surface area contributed by atoms with E-state index < -0.39 is 0 Å². The maximum atomic E-state index is 11.6. The number of nitriles is 1. The van der Waals surface area contributed by atoms with Gasteiger partial charge < -0.3 is 5.32 Å². The topological polar surface area (TPSA) is 52.9 Å². The van der Waals surface area contributed by atoms with E-state index in [2.05, 4.69) is 11.4 Å². The largest absolute Gasteiger partial charge is 0.324 e. The zero-order chi connectivity index (χ0) is 13.3. The normalized spacial score (nSPS) is 19.9. The number of hydrogen-bond donors (Lipinski definition) is 1. The highest BCUT2D eigenvalue weighted by atomic mass is 32.2. The molecule has 0 radical (unpaired) electrons. The van der Waals surface area contributed by atoms with E-state index >= 15 is 0 Å². The first-order valence-corrected chi connectivity index (χ1v) is 6.92. The Hall–Kier alpha value is -1.47. The van der Waals surface area contributed by atoms with E-state index in [-0.39, 0.29) is 23.0 Å². The van der Waals surface area contributed by atoms with Crippen molar-refractivity contribution in [2.45, 2.75) is 36.8 Å². The highest BCUT2D eigenvalue weighted by molar-refractivity contribution is 8.00. The summed E-state index contributed by atoms with van der Waals surface area (Å²) in [5.41, 5.74) is 1.81. The standard InChI is InChI=1S/C14H16N2OS/c1-8(2)11(7-15)10-4-5-13-12(6-10)16-14(17)9(3)18-13/h4-6,8-9,11H,1-3H3,(H,16,17). The number of carbonyl (C=O) groups excluding carboxylic acids is 1. The molecule has 2 rings (SSSR count). The Morgan fingerprint density at radius 1 is 1.44 bits per heavy atom. The highest BCUT2D eigenvalue weighted by Crippen LogP contribution is 2.38. The molecule has 2 unspecified atom stereocenters. The molecule has 1 heterocycles. The summed E-state index contributed by atoms with van der Waals surface area (Å²) in [6, 6.07) is 8.24. The van der Waals surface area contributed by atoms with Gasteiger partial charge in [-0.2, -0.15) is 5.26 Å². The Balaban J connectivity index is 2.36. The van der Waals surface area contributed by atoms with Gasteiger partial charge in [0, 0.05) is 4.90 Å². The van der Waals surface area contributed by atoms with Crippen molar-refractivity contribution >= 4 is 23.4 Å². The third kappa shape index (κ3) is 2.37. The summed E-state index contributed by atoms with van der Waals surface area (Å²) in [4.78, 5) is 12.7. The average Bonchev–Trinajstić information content (AvgIpc) is 2.31. The number of rotatable bonds is 2. The van der Waals surface area contributed by atoms with Gasteiger partial charge in [-0.1, -0.05) is 19.9 Å². The number of anilines is 1. The van der Waals surface area contributed by atoms with Crippen molar-refractivity contribution in [1.82, 2.24) is 0 Å². The molecule has 1 aromatic carbocycles. The quantitative estimate of drug-likeness (QED) is 0.886. The first-order chi connectivity index (χ1) is 8.52. The summed E-state index contributed by atoms with van der Waals surface area (Å²) in [7, 11) is 0. The Bertz CT molecular complexity index is 519. The lowest BCUT2D eigenvalue weighted by atomic mass is 9.89. The number of amides is 1. The highest BCUT2D eigenvalue weighted by Gasteiger charge is 2.24. The first kappa shape index (κ1) is 13.0. The molecule has 1 aliphatic rings. The van der Waals surface area contributed by atoms with Crippen LogP contribution in [-0.2, 0) is 4.79 Å². The van der Waals surface area contributed by atoms with Crippen LogP contribution in [0.15, 0.2) is 23.1 Å². The molecule has 0 fully saturated rings. The summed E-state index contributed by atoms with van der Waals surface area (Å²) in [6.07, 6.45) is 0. The molecule has 0 bridgehead atoms.